The normalized spacial score (nSPS) is 23.5. The van der Waals surface area contributed by atoms with Gasteiger partial charge in [0.15, 0.2) is 0 Å². The van der Waals surface area contributed by atoms with Gasteiger partial charge in [0, 0.05) is 32.1 Å². The van der Waals surface area contributed by atoms with Crippen molar-refractivity contribution < 1.29 is 9.59 Å². The van der Waals surface area contributed by atoms with Crippen LogP contribution < -0.4 is 0 Å². The Morgan fingerprint density at radius 2 is 1.82 bits per heavy atom. The van der Waals surface area contributed by atoms with E-state index in [1.54, 1.807) is 0 Å². The molecular formula is C18H22N2O2. The minimum Gasteiger partial charge on any atom is -0.342 e. The summed E-state index contributed by atoms with van der Waals surface area (Å²) in [7, 11) is 0. The molecule has 1 aromatic rings. The third kappa shape index (κ3) is 2.31. The number of nitrogens with zero attached hydrogens (tertiary/aromatic N) is 2. The van der Waals surface area contributed by atoms with Crippen LogP contribution in [0.1, 0.15) is 31.2 Å². The number of hydrogen-bond acceptors (Lipinski definition) is 2. The van der Waals surface area contributed by atoms with Crippen molar-refractivity contribution in [1.29, 1.82) is 0 Å². The highest BCUT2D eigenvalue weighted by Gasteiger charge is 2.53. The number of benzene rings is 1. The van der Waals surface area contributed by atoms with Crippen molar-refractivity contribution in [2.75, 3.05) is 19.6 Å². The first-order valence-electron chi connectivity index (χ1n) is 8.30. The van der Waals surface area contributed by atoms with Gasteiger partial charge >= 0.3 is 0 Å². The predicted octanol–water partition coefficient (Wildman–Crippen LogP) is 2.05. The molecule has 3 aliphatic rings. The third-order valence-electron chi connectivity index (χ3n) is 5.41. The van der Waals surface area contributed by atoms with E-state index >= 15 is 0 Å². The molecule has 1 saturated carbocycles. The van der Waals surface area contributed by atoms with E-state index in [9.17, 15) is 9.59 Å². The van der Waals surface area contributed by atoms with Crippen LogP contribution in [0, 0.1) is 11.3 Å². The largest absolute Gasteiger partial charge is 0.342 e. The minimum absolute atomic E-state index is 0.172. The zero-order chi connectivity index (χ0) is 15.2. The highest BCUT2D eigenvalue weighted by Crippen LogP contribution is 2.43. The second-order valence-corrected chi connectivity index (χ2v) is 7.03. The first kappa shape index (κ1) is 13.8. The van der Waals surface area contributed by atoms with Gasteiger partial charge in [0.05, 0.1) is 5.41 Å². The van der Waals surface area contributed by atoms with Gasteiger partial charge in [0.2, 0.25) is 11.8 Å². The van der Waals surface area contributed by atoms with E-state index in [0.717, 1.165) is 45.3 Å². The molecule has 0 radical (unpaired) electrons. The predicted molar refractivity (Wildman–Crippen MR) is 82.8 cm³/mol. The van der Waals surface area contributed by atoms with Gasteiger partial charge < -0.3 is 9.80 Å². The maximum Gasteiger partial charge on any atom is 0.231 e. The molecule has 0 aromatic heterocycles. The fourth-order valence-corrected chi connectivity index (χ4v) is 3.80. The Bertz CT molecular complexity index is 586. The molecule has 0 atom stereocenters. The quantitative estimate of drug-likeness (QED) is 0.801. The molecule has 1 aliphatic carbocycles. The molecule has 4 rings (SSSR count). The summed E-state index contributed by atoms with van der Waals surface area (Å²) >= 11 is 0. The van der Waals surface area contributed by atoms with Gasteiger partial charge in [0.25, 0.3) is 0 Å². The van der Waals surface area contributed by atoms with Gasteiger partial charge in [-0.3, -0.25) is 9.59 Å². The maximum atomic E-state index is 12.6. The van der Waals surface area contributed by atoms with Crippen LogP contribution in [0.15, 0.2) is 30.3 Å². The van der Waals surface area contributed by atoms with Crippen molar-refractivity contribution >= 4 is 11.8 Å². The van der Waals surface area contributed by atoms with E-state index in [4.69, 9.17) is 0 Å². The van der Waals surface area contributed by atoms with Crippen LogP contribution in [0.5, 0.6) is 0 Å². The summed E-state index contributed by atoms with van der Waals surface area (Å²) in [6, 6.07) is 10.1. The molecule has 116 valence electrons. The molecule has 2 saturated heterocycles. The summed E-state index contributed by atoms with van der Waals surface area (Å²) in [6.07, 6.45) is 3.81. The Labute approximate surface area is 131 Å². The topological polar surface area (TPSA) is 40.6 Å². The number of likely N-dealkylation sites (tertiary alicyclic amines) is 2. The fourth-order valence-electron chi connectivity index (χ4n) is 3.80. The lowest BCUT2D eigenvalue weighted by molar-refractivity contribution is -0.168. The van der Waals surface area contributed by atoms with E-state index in [-0.39, 0.29) is 11.3 Å². The molecule has 2 aliphatic heterocycles. The molecule has 0 bridgehead atoms. The van der Waals surface area contributed by atoms with Crippen LogP contribution >= 0.6 is 0 Å². The van der Waals surface area contributed by atoms with Gasteiger partial charge in [-0.15, -0.1) is 0 Å². The molecule has 2 heterocycles. The molecule has 1 aromatic carbocycles. The summed E-state index contributed by atoms with van der Waals surface area (Å²) in [5.74, 6) is 0.901. The number of piperidine rings is 1. The maximum absolute atomic E-state index is 12.6. The van der Waals surface area contributed by atoms with Crippen molar-refractivity contribution in [1.82, 2.24) is 9.80 Å². The number of hydrogen-bond donors (Lipinski definition) is 0. The summed E-state index contributed by atoms with van der Waals surface area (Å²) in [4.78, 5) is 28.6. The van der Waals surface area contributed by atoms with Crippen molar-refractivity contribution in [2.45, 2.75) is 32.2 Å². The van der Waals surface area contributed by atoms with E-state index < -0.39 is 0 Å². The van der Waals surface area contributed by atoms with Crippen molar-refractivity contribution in [3.63, 3.8) is 0 Å². The van der Waals surface area contributed by atoms with Gasteiger partial charge in [-0.25, -0.2) is 0 Å². The van der Waals surface area contributed by atoms with Gasteiger partial charge in [-0.2, -0.15) is 0 Å². The third-order valence-corrected chi connectivity index (χ3v) is 5.41. The molecule has 2 amide bonds. The first-order chi connectivity index (χ1) is 10.7. The van der Waals surface area contributed by atoms with Crippen LogP contribution in [0.4, 0.5) is 0 Å². The Kier molecular flexibility index (Phi) is 3.21. The summed E-state index contributed by atoms with van der Waals surface area (Å²) < 4.78 is 0. The summed E-state index contributed by atoms with van der Waals surface area (Å²) in [6.45, 7) is 3.10. The fraction of sp³-hybridized carbons (Fsp3) is 0.556. The SMILES string of the molecule is O=C(C1CC1)N1CCC2(CC1)CN(Cc1ccccc1)C2=O. The minimum atomic E-state index is -0.172. The average molecular weight is 298 g/mol. The van der Waals surface area contributed by atoms with Crippen LogP contribution in [-0.2, 0) is 16.1 Å². The molecule has 0 unspecified atom stereocenters. The van der Waals surface area contributed by atoms with Crippen molar-refractivity contribution in [3.8, 4) is 0 Å². The molecule has 22 heavy (non-hydrogen) atoms. The number of β-lactam (4-membered cyclic amide) rings is 1. The second kappa shape index (κ2) is 5.11. The average Bonchev–Trinajstić information content (AvgIpc) is 3.40. The second-order valence-electron chi connectivity index (χ2n) is 7.03. The highest BCUT2D eigenvalue weighted by molar-refractivity contribution is 5.89. The van der Waals surface area contributed by atoms with Crippen LogP contribution in [-0.4, -0.2) is 41.2 Å². The molecular weight excluding hydrogens is 276 g/mol. The monoisotopic (exact) mass is 298 g/mol. The van der Waals surface area contributed by atoms with Crippen LogP contribution in [0.25, 0.3) is 0 Å². The smallest absolute Gasteiger partial charge is 0.231 e. The number of rotatable bonds is 3. The van der Waals surface area contributed by atoms with Crippen molar-refractivity contribution in [2.24, 2.45) is 11.3 Å². The Hall–Kier alpha value is -1.84. The highest BCUT2D eigenvalue weighted by atomic mass is 16.2. The standard InChI is InChI=1S/C18H22N2O2/c21-16(15-6-7-15)19-10-8-18(9-11-19)13-20(17(18)22)12-14-4-2-1-3-5-14/h1-5,15H,6-13H2. The number of carbonyl (C=O) groups excluding carboxylic acids is 2. The zero-order valence-corrected chi connectivity index (χ0v) is 12.8. The molecule has 0 N–H and O–H groups in total. The Balaban J connectivity index is 1.33. The van der Waals surface area contributed by atoms with E-state index in [0.29, 0.717) is 18.4 Å². The van der Waals surface area contributed by atoms with E-state index in [1.807, 2.05) is 28.0 Å². The lowest BCUT2D eigenvalue weighted by Crippen LogP contribution is -2.64. The molecule has 4 nitrogen and oxygen atoms in total. The summed E-state index contributed by atoms with van der Waals surface area (Å²) in [5.41, 5.74) is 1.02. The number of carbonyl (C=O) groups is 2. The van der Waals surface area contributed by atoms with Crippen LogP contribution in [0.2, 0.25) is 0 Å². The van der Waals surface area contributed by atoms with Crippen molar-refractivity contribution in [3.05, 3.63) is 35.9 Å². The molecule has 1 spiro atoms. The number of amides is 2. The lowest BCUT2D eigenvalue weighted by Gasteiger charge is -2.52. The first-order valence-corrected chi connectivity index (χ1v) is 8.30. The van der Waals surface area contributed by atoms with Crippen LogP contribution in [0.3, 0.4) is 0 Å². The molecule has 4 heteroatoms. The van der Waals surface area contributed by atoms with E-state index in [2.05, 4.69) is 12.1 Å². The van der Waals surface area contributed by atoms with Gasteiger partial charge in [0.1, 0.15) is 0 Å². The van der Waals surface area contributed by atoms with Gasteiger partial charge in [-0.05, 0) is 31.2 Å². The lowest BCUT2D eigenvalue weighted by atomic mass is 9.71. The van der Waals surface area contributed by atoms with Gasteiger partial charge in [-0.1, -0.05) is 30.3 Å². The Morgan fingerprint density at radius 3 is 2.41 bits per heavy atom. The summed E-state index contributed by atoms with van der Waals surface area (Å²) in [5, 5.41) is 0. The van der Waals surface area contributed by atoms with E-state index in [1.165, 1.54) is 5.56 Å². The zero-order valence-electron chi connectivity index (χ0n) is 12.8. The molecule has 3 fully saturated rings. The Morgan fingerprint density at radius 1 is 1.14 bits per heavy atom.